The number of rotatable bonds is 3. The fourth-order valence-electron chi connectivity index (χ4n) is 2.88. The largest absolute Gasteiger partial charge is 0.502 e. The maximum absolute atomic E-state index is 12.3. The molecular weight excluding hydrogens is 368 g/mol. The first kappa shape index (κ1) is 18.3. The van der Waals surface area contributed by atoms with Crippen LogP contribution in [0.3, 0.4) is 0 Å². The molecule has 0 saturated carbocycles. The molecule has 0 fully saturated rings. The zero-order chi connectivity index (χ0) is 20.2. The number of nitrogens with zero attached hydrogens (tertiary/aromatic N) is 2. The Kier molecular flexibility index (Phi) is 4.95. The molecule has 142 valence electrons. The highest BCUT2D eigenvalue weighted by atomic mass is 16.5. The van der Waals surface area contributed by atoms with Gasteiger partial charge in [0.15, 0.2) is 11.4 Å². The van der Waals surface area contributed by atoms with Crippen LogP contribution >= 0.6 is 0 Å². The molecule has 0 radical (unpaired) electrons. The molecule has 0 unspecified atom stereocenters. The summed E-state index contributed by atoms with van der Waals surface area (Å²) in [5, 5.41) is 15.1. The molecule has 29 heavy (non-hydrogen) atoms. The Balaban J connectivity index is 1.97. The van der Waals surface area contributed by atoms with Crippen molar-refractivity contribution in [1.82, 2.24) is 10.1 Å². The summed E-state index contributed by atoms with van der Waals surface area (Å²) in [7, 11) is 0. The fourth-order valence-corrected chi connectivity index (χ4v) is 2.88. The molecule has 1 N–H and O–H groups in total. The fraction of sp³-hybridized carbons (Fsp3) is 0.0870. The van der Waals surface area contributed by atoms with Crippen LogP contribution in [0.5, 0.6) is 5.75 Å². The van der Waals surface area contributed by atoms with E-state index in [0.29, 0.717) is 11.1 Å². The SMILES string of the molecule is CCOC(=O)c1nc(C#Cc2ccccc2)c2c(-c3ccccc3)noc2c1O. The summed E-state index contributed by atoms with van der Waals surface area (Å²) in [5.74, 6) is 4.83. The van der Waals surface area contributed by atoms with Gasteiger partial charge in [-0.3, -0.25) is 0 Å². The van der Waals surface area contributed by atoms with Crippen molar-refractivity contribution in [2.24, 2.45) is 0 Å². The van der Waals surface area contributed by atoms with Gasteiger partial charge in [-0.25, -0.2) is 9.78 Å². The summed E-state index contributed by atoms with van der Waals surface area (Å²) in [5.41, 5.74) is 2.10. The van der Waals surface area contributed by atoms with Crippen molar-refractivity contribution in [3.8, 4) is 28.8 Å². The van der Waals surface area contributed by atoms with E-state index in [0.717, 1.165) is 11.1 Å². The summed E-state index contributed by atoms with van der Waals surface area (Å²) < 4.78 is 10.4. The van der Waals surface area contributed by atoms with Crippen LogP contribution in [-0.4, -0.2) is 27.8 Å². The molecule has 0 amide bonds. The maximum atomic E-state index is 12.3. The normalized spacial score (nSPS) is 10.4. The Bertz CT molecular complexity index is 1240. The second kappa shape index (κ2) is 7.87. The van der Waals surface area contributed by atoms with E-state index in [9.17, 15) is 9.90 Å². The number of hydrogen-bond acceptors (Lipinski definition) is 6. The third-order valence-corrected chi connectivity index (χ3v) is 4.21. The van der Waals surface area contributed by atoms with Crippen molar-refractivity contribution in [3.05, 3.63) is 77.6 Å². The van der Waals surface area contributed by atoms with Gasteiger partial charge < -0.3 is 14.4 Å². The molecular formula is C23H16N2O4. The van der Waals surface area contributed by atoms with Crippen molar-refractivity contribution >= 4 is 16.9 Å². The van der Waals surface area contributed by atoms with Gasteiger partial charge in [-0.1, -0.05) is 59.6 Å². The Hall–Kier alpha value is -4.11. The predicted molar refractivity (Wildman–Crippen MR) is 107 cm³/mol. The summed E-state index contributed by atoms with van der Waals surface area (Å²) in [4.78, 5) is 16.6. The minimum absolute atomic E-state index is 0.0410. The Morgan fingerprint density at radius 3 is 2.45 bits per heavy atom. The predicted octanol–water partition coefficient (Wildman–Crippen LogP) is 4.17. The summed E-state index contributed by atoms with van der Waals surface area (Å²) in [6.07, 6.45) is 0. The second-order valence-electron chi connectivity index (χ2n) is 6.10. The van der Waals surface area contributed by atoms with E-state index in [2.05, 4.69) is 22.0 Å². The highest BCUT2D eigenvalue weighted by Gasteiger charge is 2.25. The molecule has 6 nitrogen and oxygen atoms in total. The van der Waals surface area contributed by atoms with E-state index in [-0.39, 0.29) is 23.6 Å². The number of carbonyl (C=O) groups excluding carboxylic acids is 1. The van der Waals surface area contributed by atoms with E-state index < -0.39 is 11.7 Å². The lowest BCUT2D eigenvalue weighted by molar-refractivity contribution is 0.0516. The molecule has 6 heteroatoms. The van der Waals surface area contributed by atoms with Crippen LogP contribution in [0, 0.1) is 11.8 Å². The first-order chi connectivity index (χ1) is 14.2. The molecule has 0 aliphatic heterocycles. The standard InChI is InChI=1S/C23H16N2O4/c1-2-28-23(27)20-21(26)22-18(19(25-29-22)16-11-7-4-8-12-16)17(24-20)14-13-15-9-5-3-6-10-15/h3-12,26H,2H2,1H3. The molecule has 0 aliphatic rings. The quantitative estimate of drug-likeness (QED) is 0.421. The summed E-state index contributed by atoms with van der Waals surface area (Å²) >= 11 is 0. The number of hydrogen-bond donors (Lipinski definition) is 1. The zero-order valence-electron chi connectivity index (χ0n) is 15.5. The number of pyridine rings is 1. The smallest absolute Gasteiger partial charge is 0.361 e. The van der Waals surface area contributed by atoms with E-state index in [1.807, 2.05) is 60.7 Å². The second-order valence-corrected chi connectivity index (χ2v) is 6.10. The van der Waals surface area contributed by atoms with Gasteiger partial charge >= 0.3 is 5.97 Å². The number of ether oxygens (including phenoxy) is 1. The minimum Gasteiger partial charge on any atom is -0.502 e. The van der Waals surface area contributed by atoms with Gasteiger partial charge in [-0.15, -0.1) is 0 Å². The number of aromatic hydroxyl groups is 1. The number of fused-ring (bicyclic) bond motifs is 1. The third kappa shape index (κ3) is 3.54. The maximum Gasteiger partial charge on any atom is 0.361 e. The first-order valence-electron chi connectivity index (χ1n) is 9.01. The van der Waals surface area contributed by atoms with Crippen LogP contribution in [0.25, 0.3) is 22.2 Å². The summed E-state index contributed by atoms with van der Waals surface area (Å²) in [6.45, 7) is 1.82. The number of benzene rings is 2. The molecule has 0 bridgehead atoms. The van der Waals surface area contributed by atoms with E-state index >= 15 is 0 Å². The van der Waals surface area contributed by atoms with Crippen molar-refractivity contribution in [1.29, 1.82) is 0 Å². The molecule has 2 aromatic carbocycles. The van der Waals surface area contributed by atoms with Crippen LogP contribution in [0.2, 0.25) is 0 Å². The van der Waals surface area contributed by atoms with Crippen molar-refractivity contribution < 1.29 is 19.2 Å². The molecule has 0 saturated heterocycles. The average molecular weight is 384 g/mol. The van der Waals surface area contributed by atoms with Crippen molar-refractivity contribution in [2.45, 2.75) is 6.92 Å². The third-order valence-electron chi connectivity index (χ3n) is 4.21. The monoisotopic (exact) mass is 384 g/mol. The van der Waals surface area contributed by atoms with Crippen LogP contribution in [0.15, 0.2) is 65.2 Å². The molecule has 2 aromatic heterocycles. The van der Waals surface area contributed by atoms with E-state index in [1.54, 1.807) is 6.92 Å². The average Bonchev–Trinajstić information content (AvgIpc) is 3.21. The highest BCUT2D eigenvalue weighted by molar-refractivity contribution is 6.03. The van der Waals surface area contributed by atoms with Crippen molar-refractivity contribution in [3.63, 3.8) is 0 Å². The highest BCUT2D eigenvalue weighted by Crippen LogP contribution is 2.36. The molecule has 0 spiro atoms. The van der Waals surface area contributed by atoms with Gasteiger partial charge in [0, 0.05) is 11.1 Å². The van der Waals surface area contributed by atoms with Gasteiger partial charge in [0.05, 0.1) is 12.0 Å². The van der Waals surface area contributed by atoms with Crippen LogP contribution in [-0.2, 0) is 4.74 Å². The lowest BCUT2D eigenvalue weighted by Gasteiger charge is -2.05. The summed E-state index contributed by atoms with van der Waals surface area (Å²) in [6, 6.07) is 18.7. The number of esters is 1. The topological polar surface area (TPSA) is 85.5 Å². The van der Waals surface area contributed by atoms with E-state index in [4.69, 9.17) is 9.26 Å². The molecule has 0 aliphatic carbocycles. The molecule has 4 rings (SSSR count). The lowest BCUT2D eigenvalue weighted by Crippen LogP contribution is -2.08. The zero-order valence-corrected chi connectivity index (χ0v) is 15.5. The Morgan fingerprint density at radius 2 is 1.76 bits per heavy atom. The van der Waals surface area contributed by atoms with Gasteiger partial charge in [0.25, 0.3) is 0 Å². The van der Waals surface area contributed by atoms with Crippen LogP contribution in [0.1, 0.15) is 28.7 Å². The van der Waals surface area contributed by atoms with Gasteiger partial charge in [0.2, 0.25) is 5.58 Å². The van der Waals surface area contributed by atoms with Crippen LogP contribution in [0.4, 0.5) is 0 Å². The minimum atomic E-state index is -0.757. The number of carbonyl (C=O) groups is 1. The van der Waals surface area contributed by atoms with Gasteiger partial charge in [0.1, 0.15) is 11.4 Å². The van der Waals surface area contributed by atoms with Gasteiger partial charge in [-0.05, 0) is 25.0 Å². The van der Waals surface area contributed by atoms with E-state index in [1.165, 1.54) is 0 Å². The lowest BCUT2D eigenvalue weighted by atomic mass is 10.1. The van der Waals surface area contributed by atoms with Gasteiger partial charge in [-0.2, -0.15) is 0 Å². The van der Waals surface area contributed by atoms with Crippen LogP contribution < -0.4 is 0 Å². The molecule has 4 aromatic rings. The Morgan fingerprint density at radius 1 is 1.07 bits per heavy atom. The molecule has 0 atom stereocenters. The number of aromatic nitrogens is 2. The van der Waals surface area contributed by atoms with Crippen molar-refractivity contribution in [2.75, 3.05) is 6.61 Å². The first-order valence-corrected chi connectivity index (χ1v) is 9.01. The Labute approximate surface area is 166 Å². The molecule has 2 heterocycles.